The molecule has 1 atom stereocenters. The number of carbonyl (C=O) groups is 1. The minimum atomic E-state index is -0.465. The van der Waals surface area contributed by atoms with Crippen LogP contribution in [0.2, 0.25) is 0 Å². The average Bonchev–Trinajstić information content (AvgIpc) is 2.89. The summed E-state index contributed by atoms with van der Waals surface area (Å²) in [4.78, 5) is 27.7. The van der Waals surface area contributed by atoms with Gasteiger partial charge in [0.05, 0.1) is 4.92 Å². The molecule has 6 heteroatoms. The van der Waals surface area contributed by atoms with Gasteiger partial charge >= 0.3 is 0 Å². The van der Waals surface area contributed by atoms with Gasteiger partial charge in [-0.3, -0.25) is 14.9 Å². The number of benzene rings is 1. The molecule has 2 aliphatic rings. The molecule has 0 N–H and O–H groups in total. The van der Waals surface area contributed by atoms with E-state index in [9.17, 15) is 14.9 Å². The molecule has 1 unspecified atom stereocenters. The summed E-state index contributed by atoms with van der Waals surface area (Å²) < 4.78 is 0. The van der Waals surface area contributed by atoms with Crippen LogP contribution in [0.4, 0.5) is 5.69 Å². The van der Waals surface area contributed by atoms with E-state index in [1.54, 1.807) is 17.0 Å². The van der Waals surface area contributed by atoms with Crippen molar-refractivity contribution >= 4 is 11.6 Å². The van der Waals surface area contributed by atoms with Crippen LogP contribution in [0.15, 0.2) is 18.2 Å². The van der Waals surface area contributed by atoms with E-state index in [-0.39, 0.29) is 22.6 Å². The lowest BCUT2D eigenvalue weighted by Crippen LogP contribution is -2.43. The van der Waals surface area contributed by atoms with E-state index in [2.05, 4.69) is 11.9 Å². The van der Waals surface area contributed by atoms with Gasteiger partial charge in [0.2, 0.25) is 0 Å². The fourth-order valence-corrected chi connectivity index (χ4v) is 4.05. The summed E-state index contributed by atoms with van der Waals surface area (Å²) in [5.41, 5.74) is 1.16. The zero-order valence-electron chi connectivity index (χ0n) is 13.7. The average molecular weight is 317 g/mol. The number of nitrogens with zero attached hydrogens (tertiary/aromatic N) is 3. The van der Waals surface area contributed by atoms with E-state index in [4.69, 9.17) is 0 Å². The molecular formula is C17H23N3O3. The molecule has 0 bridgehead atoms. The zero-order valence-corrected chi connectivity index (χ0v) is 13.7. The zero-order chi connectivity index (χ0) is 16.6. The van der Waals surface area contributed by atoms with Crippen molar-refractivity contribution in [3.05, 3.63) is 39.4 Å². The number of hydrogen-bond acceptors (Lipinski definition) is 4. The number of carbonyl (C=O) groups excluding carboxylic acids is 1. The lowest BCUT2D eigenvalue weighted by Gasteiger charge is -2.38. The topological polar surface area (TPSA) is 66.7 Å². The third kappa shape index (κ3) is 3.08. The molecule has 2 fully saturated rings. The van der Waals surface area contributed by atoms with Crippen LogP contribution in [-0.4, -0.2) is 53.9 Å². The Balaban J connectivity index is 1.82. The van der Waals surface area contributed by atoms with Crippen molar-refractivity contribution in [2.24, 2.45) is 5.41 Å². The highest BCUT2D eigenvalue weighted by molar-refractivity contribution is 5.98. The SMILES string of the molecule is Cc1ccc([N+](=O)[O-])c(C(=O)N2CCC3(CCCN(C)C3)C2)c1. The highest BCUT2D eigenvalue weighted by Crippen LogP contribution is 2.39. The number of nitro groups is 1. The summed E-state index contributed by atoms with van der Waals surface area (Å²) in [5.74, 6) is -0.203. The third-order valence-electron chi connectivity index (χ3n) is 5.16. The van der Waals surface area contributed by atoms with Crippen molar-refractivity contribution in [1.29, 1.82) is 0 Å². The first-order valence-electron chi connectivity index (χ1n) is 8.13. The number of nitro benzene ring substituents is 1. The minimum absolute atomic E-state index is 0.0951. The second-order valence-electron chi connectivity index (χ2n) is 7.10. The van der Waals surface area contributed by atoms with Gasteiger partial charge in [-0.25, -0.2) is 0 Å². The first-order chi connectivity index (χ1) is 10.9. The summed E-state index contributed by atoms with van der Waals surface area (Å²) in [7, 11) is 2.12. The van der Waals surface area contributed by atoms with Crippen LogP contribution in [-0.2, 0) is 0 Å². The Morgan fingerprint density at radius 1 is 1.26 bits per heavy atom. The lowest BCUT2D eigenvalue weighted by atomic mass is 9.79. The summed E-state index contributed by atoms with van der Waals surface area (Å²) in [5, 5.41) is 11.2. The third-order valence-corrected chi connectivity index (χ3v) is 5.16. The molecule has 1 aromatic carbocycles. The summed E-state index contributed by atoms with van der Waals surface area (Å²) in [6, 6.07) is 4.75. The van der Waals surface area contributed by atoms with Crippen LogP contribution in [0.25, 0.3) is 0 Å². The molecule has 1 amide bonds. The Morgan fingerprint density at radius 2 is 2.04 bits per heavy atom. The Bertz CT molecular complexity index is 646. The van der Waals surface area contributed by atoms with Crippen molar-refractivity contribution in [1.82, 2.24) is 9.80 Å². The molecule has 0 aromatic heterocycles. The van der Waals surface area contributed by atoms with Gasteiger partial charge < -0.3 is 9.80 Å². The van der Waals surface area contributed by atoms with Crippen LogP contribution in [0.3, 0.4) is 0 Å². The van der Waals surface area contributed by atoms with Crippen LogP contribution >= 0.6 is 0 Å². The predicted octanol–water partition coefficient (Wildman–Crippen LogP) is 2.46. The van der Waals surface area contributed by atoms with Crippen molar-refractivity contribution in [2.75, 3.05) is 33.2 Å². The maximum atomic E-state index is 12.8. The van der Waals surface area contributed by atoms with Crippen LogP contribution in [0.5, 0.6) is 0 Å². The highest BCUT2D eigenvalue weighted by atomic mass is 16.6. The van der Waals surface area contributed by atoms with Gasteiger partial charge in [0.15, 0.2) is 0 Å². The maximum absolute atomic E-state index is 12.8. The van der Waals surface area contributed by atoms with Gasteiger partial charge in [0.1, 0.15) is 5.56 Å². The fraction of sp³-hybridized carbons (Fsp3) is 0.588. The number of amides is 1. The van der Waals surface area contributed by atoms with Crippen LogP contribution in [0, 0.1) is 22.5 Å². The molecule has 23 heavy (non-hydrogen) atoms. The largest absolute Gasteiger partial charge is 0.338 e. The van der Waals surface area contributed by atoms with Gasteiger partial charge in [-0.15, -0.1) is 0 Å². The standard InChI is InChI=1S/C17H23N3O3/c1-13-4-5-15(20(22)23)14(10-13)16(21)19-9-7-17(12-19)6-3-8-18(2)11-17/h4-5,10H,3,6-9,11-12H2,1-2H3. The molecule has 2 saturated heterocycles. The summed E-state index contributed by atoms with van der Waals surface area (Å²) in [6.45, 7) is 5.37. The quantitative estimate of drug-likeness (QED) is 0.621. The first-order valence-corrected chi connectivity index (χ1v) is 8.13. The molecule has 0 saturated carbocycles. The summed E-state index contributed by atoms with van der Waals surface area (Å²) >= 11 is 0. The second kappa shape index (κ2) is 5.92. The number of piperidine rings is 1. The molecule has 0 aliphatic carbocycles. The van der Waals surface area contributed by atoms with Gasteiger partial charge in [0, 0.05) is 31.1 Å². The molecule has 6 nitrogen and oxygen atoms in total. The van der Waals surface area contributed by atoms with E-state index in [0.29, 0.717) is 13.1 Å². The lowest BCUT2D eigenvalue weighted by molar-refractivity contribution is -0.385. The number of aryl methyl sites for hydroxylation is 1. The highest BCUT2D eigenvalue weighted by Gasteiger charge is 2.42. The van der Waals surface area contributed by atoms with Gasteiger partial charge in [-0.2, -0.15) is 0 Å². The fourth-order valence-electron chi connectivity index (χ4n) is 4.05. The second-order valence-corrected chi connectivity index (χ2v) is 7.10. The van der Waals surface area contributed by atoms with Crippen LogP contribution in [0.1, 0.15) is 35.2 Å². The number of hydrogen-bond donors (Lipinski definition) is 0. The van der Waals surface area contributed by atoms with E-state index in [0.717, 1.165) is 37.9 Å². The van der Waals surface area contributed by atoms with E-state index in [1.807, 2.05) is 6.92 Å². The Hall–Kier alpha value is -1.95. The Labute approximate surface area is 136 Å². The normalized spacial score (nSPS) is 25.0. The molecular weight excluding hydrogens is 294 g/mol. The Morgan fingerprint density at radius 3 is 2.74 bits per heavy atom. The smallest absolute Gasteiger partial charge is 0.282 e. The number of likely N-dealkylation sites (tertiary alicyclic amines) is 2. The molecule has 0 radical (unpaired) electrons. The minimum Gasteiger partial charge on any atom is -0.338 e. The van der Waals surface area contributed by atoms with Gasteiger partial charge in [-0.1, -0.05) is 6.07 Å². The van der Waals surface area contributed by atoms with Gasteiger partial charge in [0.25, 0.3) is 11.6 Å². The van der Waals surface area contributed by atoms with E-state index in [1.165, 1.54) is 6.07 Å². The van der Waals surface area contributed by atoms with Crippen molar-refractivity contribution in [3.8, 4) is 0 Å². The molecule has 1 spiro atoms. The van der Waals surface area contributed by atoms with Crippen molar-refractivity contribution < 1.29 is 9.72 Å². The van der Waals surface area contributed by atoms with Crippen molar-refractivity contribution in [2.45, 2.75) is 26.2 Å². The maximum Gasteiger partial charge on any atom is 0.282 e. The predicted molar refractivity (Wildman–Crippen MR) is 87.5 cm³/mol. The van der Waals surface area contributed by atoms with E-state index < -0.39 is 4.92 Å². The van der Waals surface area contributed by atoms with E-state index >= 15 is 0 Å². The number of rotatable bonds is 2. The molecule has 2 aliphatic heterocycles. The molecule has 1 aromatic rings. The molecule has 124 valence electrons. The van der Waals surface area contributed by atoms with Crippen LogP contribution < -0.4 is 0 Å². The molecule has 3 rings (SSSR count). The monoisotopic (exact) mass is 317 g/mol. The Kier molecular flexibility index (Phi) is 4.10. The summed E-state index contributed by atoms with van der Waals surface area (Å²) in [6.07, 6.45) is 3.28. The molecule has 2 heterocycles. The first kappa shape index (κ1) is 15.9. The van der Waals surface area contributed by atoms with Gasteiger partial charge in [-0.05, 0) is 51.4 Å². The van der Waals surface area contributed by atoms with Crippen molar-refractivity contribution in [3.63, 3.8) is 0 Å².